The lowest BCUT2D eigenvalue weighted by molar-refractivity contribution is 0.0694. The van der Waals surface area contributed by atoms with Crippen molar-refractivity contribution in [3.8, 4) is 0 Å². The number of sulfone groups is 1. The summed E-state index contributed by atoms with van der Waals surface area (Å²) in [6, 6.07) is 0. The maximum Gasteiger partial charge on any atom is 0.342 e. The van der Waals surface area contributed by atoms with Gasteiger partial charge in [0.25, 0.3) is 5.56 Å². The average Bonchev–Trinajstić information content (AvgIpc) is 2.14. The monoisotopic (exact) mass is 246 g/mol. The minimum absolute atomic E-state index is 0.0718. The second-order valence-corrected chi connectivity index (χ2v) is 5.65. The number of hydrogen-bond donors (Lipinski definition) is 2. The van der Waals surface area contributed by atoms with Crippen molar-refractivity contribution in [2.45, 2.75) is 12.2 Å². The van der Waals surface area contributed by atoms with E-state index in [9.17, 15) is 18.0 Å². The first-order chi connectivity index (χ1) is 7.23. The van der Waals surface area contributed by atoms with E-state index in [0.29, 0.717) is 0 Å². The van der Waals surface area contributed by atoms with Crippen LogP contribution < -0.4 is 5.56 Å². The fourth-order valence-corrected chi connectivity index (χ4v) is 1.50. The molecule has 1 aromatic rings. The quantitative estimate of drug-likeness (QED) is 0.747. The number of carboxylic acid groups (broad SMARTS) is 1. The van der Waals surface area contributed by atoms with Crippen LogP contribution in [-0.4, -0.2) is 35.7 Å². The predicted molar refractivity (Wildman–Crippen MR) is 55.1 cm³/mol. The molecule has 16 heavy (non-hydrogen) atoms. The van der Waals surface area contributed by atoms with Crippen LogP contribution in [0.25, 0.3) is 0 Å². The highest BCUT2D eigenvalue weighted by Crippen LogP contribution is 2.14. The van der Waals surface area contributed by atoms with E-state index >= 15 is 0 Å². The van der Waals surface area contributed by atoms with E-state index in [4.69, 9.17) is 5.11 Å². The number of aromatic amines is 1. The van der Waals surface area contributed by atoms with Gasteiger partial charge in [0.1, 0.15) is 16.6 Å². The average molecular weight is 246 g/mol. The van der Waals surface area contributed by atoms with Crippen molar-refractivity contribution in [2.75, 3.05) is 6.26 Å². The smallest absolute Gasteiger partial charge is 0.342 e. The number of nitrogens with one attached hydrogen (secondary N) is 1. The second kappa shape index (κ2) is 4.05. The van der Waals surface area contributed by atoms with Crippen LogP contribution >= 0.6 is 0 Å². The van der Waals surface area contributed by atoms with Crippen molar-refractivity contribution in [1.82, 2.24) is 9.97 Å². The lowest BCUT2D eigenvalue weighted by atomic mass is 10.3. The van der Waals surface area contributed by atoms with Gasteiger partial charge in [-0.1, -0.05) is 0 Å². The van der Waals surface area contributed by atoms with Crippen LogP contribution in [0.2, 0.25) is 0 Å². The molecule has 0 aliphatic carbocycles. The van der Waals surface area contributed by atoms with E-state index in [1.165, 1.54) is 6.92 Å². The molecule has 2 N–H and O–H groups in total. The molecule has 1 unspecified atom stereocenters. The highest BCUT2D eigenvalue weighted by atomic mass is 32.2. The first-order valence-electron chi connectivity index (χ1n) is 4.25. The summed E-state index contributed by atoms with van der Waals surface area (Å²) in [5, 5.41) is 7.59. The van der Waals surface area contributed by atoms with Crippen LogP contribution in [-0.2, 0) is 9.84 Å². The summed E-state index contributed by atoms with van der Waals surface area (Å²) >= 11 is 0. The van der Waals surface area contributed by atoms with Gasteiger partial charge in [0.2, 0.25) is 0 Å². The molecule has 88 valence electrons. The fraction of sp³-hybridized carbons (Fsp3) is 0.375. The zero-order valence-corrected chi connectivity index (χ0v) is 9.41. The van der Waals surface area contributed by atoms with E-state index in [2.05, 4.69) is 9.97 Å². The molecule has 0 spiro atoms. The zero-order chi connectivity index (χ0) is 12.5. The Labute approximate surface area is 91.1 Å². The molecule has 1 rings (SSSR count). The van der Waals surface area contributed by atoms with Crippen molar-refractivity contribution in [3.05, 3.63) is 27.9 Å². The summed E-state index contributed by atoms with van der Waals surface area (Å²) in [6.07, 6.45) is 1.85. The van der Waals surface area contributed by atoms with Gasteiger partial charge >= 0.3 is 5.97 Å². The largest absolute Gasteiger partial charge is 0.477 e. The highest BCUT2D eigenvalue weighted by Gasteiger charge is 2.21. The standard InChI is InChI=1S/C8H10N2O5S/c1-4(16(2,14)15)6-9-3-5(8(12)13)7(11)10-6/h3-4H,1-2H3,(H,12,13)(H,9,10,11). The van der Waals surface area contributed by atoms with Gasteiger partial charge in [-0.25, -0.2) is 18.2 Å². The van der Waals surface area contributed by atoms with Crippen LogP contribution in [0.3, 0.4) is 0 Å². The third kappa shape index (κ3) is 2.45. The van der Waals surface area contributed by atoms with Crippen molar-refractivity contribution in [1.29, 1.82) is 0 Å². The SMILES string of the molecule is CC(c1ncc(C(=O)O)c(=O)[nH]1)S(C)(=O)=O. The van der Waals surface area contributed by atoms with Crippen LogP contribution in [0, 0.1) is 0 Å². The second-order valence-electron chi connectivity index (χ2n) is 3.29. The van der Waals surface area contributed by atoms with Crippen molar-refractivity contribution in [2.24, 2.45) is 0 Å². The number of rotatable bonds is 3. The summed E-state index contributed by atoms with van der Waals surface area (Å²) in [5.74, 6) is -1.48. The van der Waals surface area contributed by atoms with Crippen LogP contribution in [0.15, 0.2) is 11.0 Å². The summed E-state index contributed by atoms with van der Waals surface area (Å²) < 4.78 is 22.4. The van der Waals surface area contributed by atoms with E-state index in [0.717, 1.165) is 12.5 Å². The molecule has 0 aliphatic rings. The minimum atomic E-state index is -3.39. The number of H-pyrrole nitrogens is 1. The van der Waals surface area contributed by atoms with Crippen LogP contribution in [0.5, 0.6) is 0 Å². The van der Waals surface area contributed by atoms with E-state index < -0.39 is 32.2 Å². The summed E-state index contributed by atoms with van der Waals surface area (Å²) in [6.45, 7) is 1.36. The van der Waals surface area contributed by atoms with Gasteiger partial charge in [-0.2, -0.15) is 0 Å². The summed E-state index contributed by atoms with van der Waals surface area (Å²) in [5.41, 5.74) is -1.39. The predicted octanol–water partition coefficient (Wildman–Crippen LogP) is -0.426. The maximum absolute atomic E-state index is 11.2. The van der Waals surface area contributed by atoms with Gasteiger partial charge in [0, 0.05) is 12.5 Å². The normalized spacial score (nSPS) is 13.4. The molecule has 0 amide bonds. The van der Waals surface area contributed by atoms with E-state index in [-0.39, 0.29) is 5.82 Å². The molecule has 0 fully saturated rings. The third-order valence-electron chi connectivity index (χ3n) is 2.08. The Hall–Kier alpha value is -1.70. The number of carboxylic acids is 1. The molecule has 0 aliphatic heterocycles. The topological polar surface area (TPSA) is 117 Å². The maximum atomic E-state index is 11.2. The van der Waals surface area contributed by atoms with Crippen molar-refractivity contribution < 1.29 is 18.3 Å². The Kier molecular flexibility index (Phi) is 3.13. The number of hydrogen-bond acceptors (Lipinski definition) is 5. The van der Waals surface area contributed by atoms with Crippen molar-refractivity contribution in [3.63, 3.8) is 0 Å². The van der Waals surface area contributed by atoms with Gasteiger partial charge in [0.15, 0.2) is 9.84 Å². The number of aromatic carboxylic acids is 1. The molecule has 1 heterocycles. The Morgan fingerprint density at radius 3 is 2.50 bits per heavy atom. The van der Waals surface area contributed by atoms with Gasteiger partial charge < -0.3 is 10.1 Å². The number of carbonyl (C=O) groups is 1. The lowest BCUT2D eigenvalue weighted by Gasteiger charge is -2.07. The Balaban J connectivity index is 3.27. The molecular weight excluding hydrogens is 236 g/mol. The van der Waals surface area contributed by atoms with Gasteiger partial charge in [0.05, 0.1) is 0 Å². The van der Waals surface area contributed by atoms with Gasteiger partial charge in [-0.05, 0) is 6.92 Å². The van der Waals surface area contributed by atoms with Gasteiger partial charge in [-0.15, -0.1) is 0 Å². The summed E-state index contributed by atoms with van der Waals surface area (Å²) in [4.78, 5) is 27.5. The first-order valence-corrected chi connectivity index (χ1v) is 6.20. The molecule has 1 atom stereocenters. The molecule has 0 aromatic carbocycles. The highest BCUT2D eigenvalue weighted by molar-refractivity contribution is 7.90. The number of nitrogens with zero attached hydrogens (tertiary/aromatic N) is 1. The zero-order valence-electron chi connectivity index (χ0n) is 8.59. The van der Waals surface area contributed by atoms with E-state index in [1.807, 2.05) is 0 Å². The Bertz CT molecular complexity index is 574. The van der Waals surface area contributed by atoms with Crippen LogP contribution in [0.4, 0.5) is 0 Å². The van der Waals surface area contributed by atoms with Gasteiger partial charge in [-0.3, -0.25) is 4.79 Å². The minimum Gasteiger partial charge on any atom is -0.477 e. The fourth-order valence-electron chi connectivity index (χ4n) is 0.970. The third-order valence-corrected chi connectivity index (χ3v) is 3.58. The number of aromatic nitrogens is 2. The van der Waals surface area contributed by atoms with Crippen LogP contribution in [0.1, 0.15) is 28.4 Å². The molecule has 0 saturated carbocycles. The summed E-state index contributed by atoms with van der Waals surface area (Å²) in [7, 11) is -3.39. The molecule has 1 aromatic heterocycles. The first kappa shape index (κ1) is 12.4. The lowest BCUT2D eigenvalue weighted by Crippen LogP contribution is -2.22. The molecule has 8 heteroatoms. The molecule has 0 bridgehead atoms. The molecule has 0 saturated heterocycles. The molecule has 0 radical (unpaired) electrons. The van der Waals surface area contributed by atoms with E-state index in [1.54, 1.807) is 0 Å². The Morgan fingerprint density at radius 2 is 2.12 bits per heavy atom. The van der Waals surface area contributed by atoms with Crippen molar-refractivity contribution >= 4 is 15.8 Å². The molecule has 7 nitrogen and oxygen atoms in total. The Morgan fingerprint density at radius 1 is 1.56 bits per heavy atom. The molecular formula is C8H10N2O5S.